The van der Waals surface area contributed by atoms with Gasteiger partial charge in [0.15, 0.2) is 0 Å². The average Bonchev–Trinajstić information content (AvgIpc) is 2.33. The van der Waals surface area contributed by atoms with E-state index in [4.69, 9.17) is 0 Å². The third-order valence-corrected chi connectivity index (χ3v) is 6.71. The van der Waals surface area contributed by atoms with Gasteiger partial charge in [0.2, 0.25) is 0 Å². The van der Waals surface area contributed by atoms with Crippen molar-refractivity contribution < 1.29 is 12.6 Å². The molecule has 0 aliphatic heterocycles. The molecule has 6 heteroatoms. The maximum Gasteiger partial charge on any atom is 0.148 e. The molecule has 0 aromatic carbocycles. The highest BCUT2D eigenvalue weighted by atomic mass is 32.2. The van der Waals surface area contributed by atoms with Crippen LogP contribution in [0.3, 0.4) is 0 Å². The summed E-state index contributed by atoms with van der Waals surface area (Å²) in [4.78, 5) is 0. The third-order valence-electron chi connectivity index (χ3n) is 3.70. The molecule has 4 unspecified atom stereocenters. The zero-order valence-corrected chi connectivity index (χ0v) is 13.9. The minimum Gasteiger partial charge on any atom is -0.313 e. The van der Waals surface area contributed by atoms with Crippen molar-refractivity contribution >= 4 is 20.6 Å². The van der Waals surface area contributed by atoms with Crippen LogP contribution in [0.5, 0.6) is 0 Å². The smallest absolute Gasteiger partial charge is 0.148 e. The molecule has 1 aliphatic carbocycles. The Morgan fingerprint density at radius 2 is 2.00 bits per heavy atom. The Morgan fingerprint density at radius 1 is 1.32 bits per heavy atom. The Balaban J connectivity index is 2.60. The molecular formula is C13H27NO3S2. The van der Waals surface area contributed by atoms with Crippen LogP contribution in [-0.2, 0) is 20.6 Å². The fraction of sp³-hybridized carbons (Fsp3) is 1.00. The molecule has 4 atom stereocenters. The van der Waals surface area contributed by atoms with Gasteiger partial charge in [0.05, 0.1) is 11.0 Å². The van der Waals surface area contributed by atoms with Gasteiger partial charge in [0.25, 0.3) is 0 Å². The highest BCUT2D eigenvalue weighted by Crippen LogP contribution is 2.27. The molecule has 0 saturated heterocycles. The fourth-order valence-corrected chi connectivity index (χ4v) is 5.88. The van der Waals surface area contributed by atoms with Gasteiger partial charge in [0, 0.05) is 28.9 Å². The summed E-state index contributed by atoms with van der Waals surface area (Å²) in [5.74, 6) is 0.901. The summed E-state index contributed by atoms with van der Waals surface area (Å²) >= 11 is 0. The molecule has 0 heterocycles. The lowest BCUT2D eigenvalue weighted by Gasteiger charge is -2.35. The molecule has 1 fully saturated rings. The van der Waals surface area contributed by atoms with E-state index in [1.165, 1.54) is 12.7 Å². The van der Waals surface area contributed by atoms with Crippen molar-refractivity contribution in [2.24, 2.45) is 5.92 Å². The second-order valence-corrected chi connectivity index (χ2v) is 9.77. The van der Waals surface area contributed by atoms with Gasteiger partial charge < -0.3 is 5.32 Å². The van der Waals surface area contributed by atoms with Crippen molar-refractivity contribution in [3.63, 3.8) is 0 Å². The van der Waals surface area contributed by atoms with Crippen molar-refractivity contribution in [1.82, 2.24) is 5.32 Å². The van der Waals surface area contributed by atoms with E-state index in [-0.39, 0.29) is 22.8 Å². The van der Waals surface area contributed by atoms with Gasteiger partial charge >= 0.3 is 0 Å². The number of rotatable bonds is 7. The molecule has 1 aliphatic rings. The number of sulfone groups is 1. The van der Waals surface area contributed by atoms with Crippen LogP contribution in [0, 0.1) is 5.92 Å². The van der Waals surface area contributed by atoms with Crippen LogP contribution in [-0.4, -0.2) is 48.2 Å². The van der Waals surface area contributed by atoms with Crippen LogP contribution in [0.4, 0.5) is 0 Å². The van der Waals surface area contributed by atoms with E-state index < -0.39 is 20.6 Å². The second-order valence-electron chi connectivity index (χ2n) is 5.73. The largest absolute Gasteiger partial charge is 0.313 e. The molecule has 19 heavy (non-hydrogen) atoms. The molecule has 0 spiro atoms. The van der Waals surface area contributed by atoms with Gasteiger partial charge in [-0.15, -0.1) is 0 Å². The molecule has 0 bridgehead atoms. The highest BCUT2D eigenvalue weighted by molar-refractivity contribution is 7.92. The van der Waals surface area contributed by atoms with Crippen molar-refractivity contribution in [3.05, 3.63) is 0 Å². The van der Waals surface area contributed by atoms with E-state index in [2.05, 4.69) is 19.2 Å². The Labute approximate surface area is 120 Å². The summed E-state index contributed by atoms with van der Waals surface area (Å²) in [6.07, 6.45) is 5.44. The first-order valence-corrected chi connectivity index (χ1v) is 10.6. The summed E-state index contributed by atoms with van der Waals surface area (Å²) in [5.41, 5.74) is 0. The zero-order chi connectivity index (χ0) is 14.5. The summed E-state index contributed by atoms with van der Waals surface area (Å²) in [7, 11) is -4.07. The average molecular weight is 309 g/mol. The van der Waals surface area contributed by atoms with Crippen LogP contribution in [0.25, 0.3) is 0 Å². The van der Waals surface area contributed by atoms with E-state index >= 15 is 0 Å². The van der Waals surface area contributed by atoms with Gasteiger partial charge in [-0.3, -0.25) is 4.21 Å². The van der Waals surface area contributed by atoms with Crippen LogP contribution in [0.15, 0.2) is 0 Å². The lowest BCUT2D eigenvalue weighted by atomic mass is 9.87. The Hall–Kier alpha value is 0.0600. The zero-order valence-electron chi connectivity index (χ0n) is 12.2. The van der Waals surface area contributed by atoms with Gasteiger partial charge in [-0.2, -0.15) is 0 Å². The Morgan fingerprint density at radius 3 is 2.58 bits per heavy atom. The van der Waals surface area contributed by atoms with Crippen molar-refractivity contribution in [2.75, 3.05) is 24.3 Å². The molecule has 0 amide bonds. The maximum atomic E-state index is 12.4. The molecule has 0 radical (unpaired) electrons. The van der Waals surface area contributed by atoms with Gasteiger partial charge in [-0.1, -0.05) is 13.8 Å². The van der Waals surface area contributed by atoms with E-state index in [1.54, 1.807) is 0 Å². The number of hydrogen-bond acceptors (Lipinski definition) is 4. The van der Waals surface area contributed by atoms with Gasteiger partial charge in [-0.25, -0.2) is 8.42 Å². The van der Waals surface area contributed by atoms with Crippen molar-refractivity contribution in [3.8, 4) is 0 Å². The molecular weight excluding hydrogens is 282 g/mol. The van der Waals surface area contributed by atoms with E-state index in [9.17, 15) is 12.6 Å². The lowest BCUT2D eigenvalue weighted by molar-refractivity contribution is 0.313. The van der Waals surface area contributed by atoms with E-state index in [1.807, 2.05) is 0 Å². The van der Waals surface area contributed by atoms with E-state index in [0.717, 1.165) is 25.8 Å². The minimum atomic E-state index is -3.02. The van der Waals surface area contributed by atoms with Gasteiger partial charge in [0.1, 0.15) is 9.84 Å². The highest BCUT2D eigenvalue weighted by Gasteiger charge is 2.32. The molecule has 1 rings (SSSR count). The number of nitrogens with one attached hydrogen (secondary N) is 1. The molecule has 114 valence electrons. The van der Waals surface area contributed by atoms with E-state index in [0.29, 0.717) is 5.92 Å². The second kappa shape index (κ2) is 7.74. The lowest BCUT2D eigenvalue weighted by Crippen LogP contribution is -2.47. The topological polar surface area (TPSA) is 63.2 Å². The van der Waals surface area contributed by atoms with Crippen LogP contribution < -0.4 is 5.32 Å². The summed E-state index contributed by atoms with van der Waals surface area (Å²) < 4.78 is 34.7. The first-order chi connectivity index (χ1) is 8.83. The number of hydrogen-bond donors (Lipinski definition) is 1. The minimum absolute atomic E-state index is 0.0327. The molecule has 4 nitrogen and oxygen atoms in total. The van der Waals surface area contributed by atoms with Crippen LogP contribution in [0.1, 0.15) is 39.5 Å². The molecule has 1 saturated carbocycles. The quantitative estimate of drug-likeness (QED) is 0.771. The fourth-order valence-electron chi connectivity index (χ4n) is 2.57. The predicted octanol–water partition coefficient (Wildman–Crippen LogP) is 1.34. The van der Waals surface area contributed by atoms with Crippen LogP contribution >= 0.6 is 0 Å². The normalized spacial score (nSPS) is 30.2. The monoisotopic (exact) mass is 309 g/mol. The summed E-state index contributed by atoms with van der Waals surface area (Å²) in [6, 6.07) is 0.288. The standard InChI is InChI=1S/C13H27NO3S2/c1-4-7-14-12-6-5-11(2)10-13(12)18(15)8-9-19(3,16)17/h11-14H,4-10H2,1-3H3. The summed E-state index contributed by atoms with van der Waals surface area (Å²) in [5, 5.41) is 3.59. The van der Waals surface area contributed by atoms with Crippen molar-refractivity contribution in [1.29, 1.82) is 0 Å². The Kier molecular flexibility index (Phi) is 6.97. The SMILES string of the molecule is CCCNC1CCC(C)CC1S(=O)CCS(C)(=O)=O. The molecule has 0 aromatic heterocycles. The Bertz CT molecular complexity index is 393. The first-order valence-electron chi connectivity index (χ1n) is 7.11. The predicted molar refractivity (Wildman–Crippen MR) is 81.6 cm³/mol. The third kappa shape index (κ3) is 6.36. The van der Waals surface area contributed by atoms with Crippen LogP contribution in [0.2, 0.25) is 0 Å². The van der Waals surface area contributed by atoms with Gasteiger partial charge in [-0.05, 0) is 38.1 Å². The summed E-state index contributed by atoms with van der Waals surface area (Å²) in [6.45, 7) is 5.25. The molecule has 0 aromatic rings. The van der Waals surface area contributed by atoms with Crippen molar-refractivity contribution in [2.45, 2.75) is 50.8 Å². The molecule has 1 N–H and O–H groups in total. The maximum absolute atomic E-state index is 12.4. The first kappa shape index (κ1) is 17.1.